The van der Waals surface area contributed by atoms with Gasteiger partial charge < -0.3 is 10.5 Å². The molecule has 3 rings (SSSR count). The van der Waals surface area contributed by atoms with Gasteiger partial charge >= 0.3 is 0 Å². The molecule has 0 amide bonds. The van der Waals surface area contributed by atoms with E-state index < -0.39 is 0 Å². The van der Waals surface area contributed by atoms with Gasteiger partial charge in [0.2, 0.25) is 0 Å². The summed E-state index contributed by atoms with van der Waals surface area (Å²) in [5, 5.41) is 0. The van der Waals surface area contributed by atoms with Crippen LogP contribution in [0.1, 0.15) is 12.8 Å². The van der Waals surface area contributed by atoms with Gasteiger partial charge in [-0.25, -0.2) is 0 Å². The third-order valence-electron chi connectivity index (χ3n) is 3.66. The van der Waals surface area contributed by atoms with Crippen LogP contribution in [-0.4, -0.2) is 31.1 Å². The summed E-state index contributed by atoms with van der Waals surface area (Å²) in [6.45, 7) is 4.32. The molecule has 0 aromatic heterocycles. The number of likely N-dealkylation sites (tertiary alicyclic amines) is 1. The number of nitrogen functional groups attached to an aromatic ring is 1. The van der Waals surface area contributed by atoms with Crippen molar-refractivity contribution in [2.24, 2.45) is 5.41 Å². The van der Waals surface area contributed by atoms with Crippen LogP contribution in [-0.2, 0) is 0 Å². The molecule has 3 nitrogen and oxygen atoms in total. The van der Waals surface area contributed by atoms with Crippen molar-refractivity contribution in [3.8, 4) is 5.75 Å². The van der Waals surface area contributed by atoms with Crippen molar-refractivity contribution < 1.29 is 4.74 Å². The molecule has 1 saturated heterocycles. The van der Waals surface area contributed by atoms with Gasteiger partial charge in [0.15, 0.2) is 0 Å². The second kappa shape index (κ2) is 3.67. The van der Waals surface area contributed by atoms with E-state index in [4.69, 9.17) is 10.5 Å². The van der Waals surface area contributed by atoms with E-state index in [9.17, 15) is 0 Å². The van der Waals surface area contributed by atoms with Gasteiger partial charge in [0.25, 0.3) is 0 Å². The van der Waals surface area contributed by atoms with Crippen molar-refractivity contribution in [3.63, 3.8) is 0 Å². The highest BCUT2D eigenvalue weighted by molar-refractivity contribution is 5.51. The van der Waals surface area contributed by atoms with Crippen LogP contribution in [0, 0.1) is 5.41 Å². The number of nitrogens with two attached hydrogens (primary N) is 1. The smallest absolute Gasteiger partial charge is 0.142 e. The zero-order chi connectivity index (χ0) is 11.0. The van der Waals surface area contributed by atoms with E-state index in [1.165, 1.54) is 25.9 Å². The summed E-state index contributed by atoms with van der Waals surface area (Å²) in [5.74, 6) is 0.809. The van der Waals surface area contributed by atoms with Crippen molar-refractivity contribution in [3.05, 3.63) is 24.3 Å². The van der Waals surface area contributed by atoms with E-state index in [1.54, 1.807) is 0 Å². The summed E-state index contributed by atoms with van der Waals surface area (Å²) in [5.41, 5.74) is 7.27. The van der Waals surface area contributed by atoms with Crippen LogP contribution < -0.4 is 10.5 Å². The highest BCUT2D eigenvalue weighted by Gasteiger charge is 2.51. The number of anilines is 1. The lowest BCUT2D eigenvalue weighted by atomic mass is 9.97. The van der Waals surface area contributed by atoms with Crippen LogP contribution in [0.5, 0.6) is 5.75 Å². The standard InChI is InChI=1S/C13H18N2O/c14-11-3-1-2-4-12(11)16-8-7-15-9-13(10-15)5-6-13/h1-4H,5-10,14H2. The van der Waals surface area contributed by atoms with Crippen LogP contribution in [0.25, 0.3) is 0 Å². The Morgan fingerprint density at radius 2 is 2.00 bits per heavy atom. The second-order valence-corrected chi connectivity index (χ2v) is 5.10. The van der Waals surface area contributed by atoms with Crippen LogP contribution in [0.2, 0.25) is 0 Å². The number of para-hydroxylation sites is 2. The van der Waals surface area contributed by atoms with Crippen molar-refractivity contribution in [2.75, 3.05) is 32.0 Å². The molecule has 0 bridgehead atoms. The first-order valence-corrected chi connectivity index (χ1v) is 5.97. The number of rotatable bonds is 4. The Labute approximate surface area is 96.2 Å². The van der Waals surface area contributed by atoms with E-state index in [-0.39, 0.29) is 0 Å². The molecule has 1 aliphatic carbocycles. The minimum Gasteiger partial charge on any atom is -0.490 e. The lowest BCUT2D eigenvalue weighted by Gasteiger charge is -2.39. The number of benzene rings is 1. The van der Waals surface area contributed by atoms with Gasteiger partial charge in [-0.1, -0.05) is 12.1 Å². The normalized spacial score (nSPS) is 21.8. The van der Waals surface area contributed by atoms with Crippen molar-refractivity contribution in [1.29, 1.82) is 0 Å². The summed E-state index contributed by atoms with van der Waals surface area (Å²) in [6, 6.07) is 7.68. The van der Waals surface area contributed by atoms with Gasteiger partial charge in [-0.3, -0.25) is 4.90 Å². The summed E-state index contributed by atoms with van der Waals surface area (Å²) in [6.07, 6.45) is 2.88. The van der Waals surface area contributed by atoms with Gasteiger partial charge in [-0.05, 0) is 30.4 Å². The van der Waals surface area contributed by atoms with Crippen LogP contribution in [0.15, 0.2) is 24.3 Å². The van der Waals surface area contributed by atoms with Crippen molar-refractivity contribution in [1.82, 2.24) is 4.90 Å². The molecule has 1 aliphatic heterocycles. The van der Waals surface area contributed by atoms with E-state index >= 15 is 0 Å². The number of nitrogens with zero attached hydrogens (tertiary/aromatic N) is 1. The summed E-state index contributed by atoms with van der Waals surface area (Å²) >= 11 is 0. The summed E-state index contributed by atoms with van der Waals surface area (Å²) < 4.78 is 5.67. The maximum atomic E-state index is 5.80. The van der Waals surface area contributed by atoms with E-state index in [0.717, 1.165) is 30.0 Å². The van der Waals surface area contributed by atoms with Crippen molar-refractivity contribution in [2.45, 2.75) is 12.8 Å². The molecule has 0 unspecified atom stereocenters. The molecular weight excluding hydrogens is 200 g/mol. The fourth-order valence-electron chi connectivity index (χ4n) is 2.45. The Morgan fingerprint density at radius 3 is 2.69 bits per heavy atom. The lowest BCUT2D eigenvalue weighted by molar-refractivity contribution is 0.0665. The van der Waals surface area contributed by atoms with E-state index in [1.807, 2.05) is 24.3 Å². The van der Waals surface area contributed by atoms with Crippen molar-refractivity contribution >= 4 is 5.69 Å². The Hall–Kier alpha value is -1.22. The molecular formula is C13H18N2O. The fraction of sp³-hybridized carbons (Fsp3) is 0.538. The predicted molar refractivity (Wildman–Crippen MR) is 64.5 cm³/mol. The third kappa shape index (κ3) is 1.87. The van der Waals surface area contributed by atoms with Gasteiger partial charge in [0.05, 0.1) is 5.69 Å². The Balaban J connectivity index is 1.42. The maximum absolute atomic E-state index is 5.80. The highest BCUT2D eigenvalue weighted by Crippen LogP contribution is 2.52. The largest absolute Gasteiger partial charge is 0.490 e. The monoisotopic (exact) mass is 218 g/mol. The first-order valence-electron chi connectivity index (χ1n) is 5.97. The molecule has 86 valence electrons. The van der Waals surface area contributed by atoms with Crippen LogP contribution in [0.4, 0.5) is 5.69 Å². The molecule has 1 saturated carbocycles. The summed E-state index contributed by atoms with van der Waals surface area (Å²) in [4.78, 5) is 2.46. The van der Waals surface area contributed by atoms with Gasteiger partial charge in [0, 0.05) is 19.6 Å². The quantitative estimate of drug-likeness (QED) is 0.782. The minimum atomic E-state index is 0.727. The average Bonchev–Trinajstić information content (AvgIpc) is 3.00. The van der Waals surface area contributed by atoms with Gasteiger partial charge in [-0.2, -0.15) is 0 Å². The molecule has 2 aliphatic rings. The molecule has 1 aromatic rings. The molecule has 1 spiro atoms. The number of ether oxygens (including phenoxy) is 1. The Kier molecular flexibility index (Phi) is 2.28. The average molecular weight is 218 g/mol. The first-order chi connectivity index (χ1) is 7.77. The lowest BCUT2D eigenvalue weighted by Crippen LogP contribution is -2.49. The fourth-order valence-corrected chi connectivity index (χ4v) is 2.45. The summed E-state index contributed by atoms with van der Waals surface area (Å²) in [7, 11) is 0. The molecule has 1 heterocycles. The Morgan fingerprint density at radius 1 is 1.25 bits per heavy atom. The van der Waals surface area contributed by atoms with Crippen LogP contribution >= 0.6 is 0 Å². The van der Waals surface area contributed by atoms with E-state index in [0.29, 0.717) is 0 Å². The molecule has 1 aromatic carbocycles. The number of hydrogen-bond acceptors (Lipinski definition) is 3. The zero-order valence-corrected chi connectivity index (χ0v) is 9.48. The third-order valence-corrected chi connectivity index (χ3v) is 3.66. The molecule has 0 radical (unpaired) electrons. The van der Waals surface area contributed by atoms with Gasteiger partial charge in [-0.15, -0.1) is 0 Å². The molecule has 3 heteroatoms. The molecule has 2 N–H and O–H groups in total. The molecule has 2 fully saturated rings. The Bertz CT molecular complexity index is 379. The number of hydrogen-bond donors (Lipinski definition) is 1. The molecule has 16 heavy (non-hydrogen) atoms. The zero-order valence-electron chi connectivity index (χ0n) is 9.48. The first kappa shape index (κ1) is 9.97. The van der Waals surface area contributed by atoms with E-state index in [2.05, 4.69) is 4.90 Å². The second-order valence-electron chi connectivity index (χ2n) is 5.10. The van der Waals surface area contributed by atoms with Crippen LogP contribution in [0.3, 0.4) is 0 Å². The minimum absolute atomic E-state index is 0.727. The predicted octanol–water partition coefficient (Wildman–Crippen LogP) is 1.74. The maximum Gasteiger partial charge on any atom is 0.142 e. The highest BCUT2D eigenvalue weighted by atomic mass is 16.5. The van der Waals surface area contributed by atoms with Gasteiger partial charge in [0.1, 0.15) is 12.4 Å². The molecule has 0 atom stereocenters. The topological polar surface area (TPSA) is 38.5 Å². The SMILES string of the molecule is Nc1ccccc1OCCN1CC2(CC2)C1.